The minimum Gasteiger partial charge on any atom is -0.497 e. The third kappa shape index (κ3) is 7.89. The van der Waals surface area contributed by atoms with Gasteiger partial charge in [-0.05, 0) is 36.8 Å². The number of guanidine groups is 1. The summed E-state index contributed by atoms with van der Waals surface area (Å²) >= 11 is 0. The van der Waals surface area contributed by atoms with E-state index in [-0.39, 0.29) is 29.9 Å². The number of piperazine rings is 1. The van der Waals surface area contributed by atoms with Gasteiger partial charge < -0.3 is 25.2 Å². The van der Waals surface area contributed by atoms with Crippen LogP contribution in [0.2, 0.25) is 0 Å². The Morgan fingerprint density at radius 1 is 1.03 bits per heavy atom. The van der Waals surface area contributed by atoms with E-state index in [2.05, 4.69) is 44.8 Å². The van der Waals surface area contributed by atoms with Crippen molar-refractivity contribution in [3.8, 4) is 5.75 Å². The average Bonchev–Trinajstić information content (AvgIpc) is 2.83. The first-order valence-electron chi connectivity index (χ1n) is 10.9. The molecule has 1 aliphatic rings. The monoisotopic (exact) mass is 551 g/mol. The standard InChI is InChI=1S/C24H33N5O2.HI/c1-3-25-24(27-19-20-8-7-11-22(18-20)31-2)26-13-12-23(30)29-16-14-28(15-17-29)21-9-5-4-6-10-21;/h4-11,18H,3,12-17,19H2,1-2H3,(H2,25,26,27);1H. The molecule has 174 valence electrons. The molecule has 2 aromatic carbocycles. The number of carbonyl (C=O) groups is 1. The maximum Gasteiger partial charge on any atom is 0.224 e. The predicted molar refractivity (Wildman–Crippen MR) is 141 cm³/mol. The van der Waals surface area contributed by atoms with Crippen molar-refractivity contribution in [3.63, 3.8) is 0 Å². The molecular weight excluding hydrogens is 517 g/mol. The highest BCUT2D eigenvalue weighted by atomic mass is 127. The van der Waals surface area contributed by atoms with E-state index in [0.717, 1.165) is 44.0 Å². The molecule has 3 rings (SSSR count). The van der Waals surface area contributed by atoms with Crippen molar-refractivity contribution in [3.05, 3.63) is 60.2 Å². The van der Waals surface area contributed by atoms with Crippen molar-refractivity contribution < 1.29 is 9.53 Å². The molecule has 0 atom stereocenters. The summed E-state index contributed by atoms with van der Waals surface area (Å²) < 4.78 is 5.26. The van der Waals surface area contributed by atoms with Crippen LogP contribution in [0.1, 0.15) is 18.9 Å². The number of methoxy groups -OCH3 is 1. The molecule has 0 radical (unpaired) electrons. The molecule has 7 nitrogen and oxygen atoms in total. The molecule has 2 aromatic rings. The van der Waals surface area contributed by atoms with Gasteiger partial charge >= 0.3 is 0 Å². The summed E-state index contributed by atoms with van der Waals surface area (Å²) in [6.07, 6.45) is 0.453. The van der Waals surface area contributed by atoms with Crippen LogP contribution < -0.4 is 20.3 Å². The topological polar surface area (TPSA) is 69.2 Å². The minimum atomic E-state index is 0. The lowest BCUT2D eigenvalue weighted by Crippen LogP contribution is -2.49. The second-order valence-corrected chi connectivity index (χ2v) is 7.43. The number of ether oxygens (including phenoxy) is 1. The molecule has 0 unspecified atom stereocenters. The second-order valence-electron chi connectivity index (χ2n) is 7.43. The van der Waals surface area contributed by atoms with Gasteiger partial charge in [-0.15, -0.1) is 24.0 Å². The Balaban J connectivity index is 0.00000363. The first kappa shape index (κ1) is 25.8. The summed E-state index contributed by atoms with van der Waals surface area (Å²) in [7, 11) is 1.66. The normalized spacial score (nSPS) is 13.9. The number of hydrogen-bond donors (Lipinski definition) is 2. The zero-order chi connectivity index (χ0) is 21.9. The number of hydrogen-bond acceptors (Lipinski definition) is 4. The third-order valence-corrected chi connectivity index (χ3v) is 5.28. The Bertz CT molecular complexity index is 854. The fourth-order valence-corrected chi connectivity index (χ4v) is 3.58. The lowest BCUT2D eigenvalue weighted by atomic mass is 10.2. The van der Waals surface area contributed by atoms with E-state index in [0.29, 0.717) is 25.5 Å². The van der Waals surface area contributed by atoms with Crippen molar-refractivity contribution in [1.82, 2.24) is 15.5 Å². The highest BCUT2D eigenvalue weighted by molar-refractivity contribution is 14.0. The van der Waals surface area contributed by atoms with Crippen molar-refractivity contribution in [2.75, 3.05) is 51.3 Å². The third-order valence-electron chi connectivity index (χ3n) is 5.28. The van der Waals surface area contributed by atoms with Crippen LogP contribution in [0.25, 0.3) is 0 Å². The highest BCUT2D eigenvalue weighted by Gasteiger charge is 2.20. The first-order chi connectivity index (χ1) is 15.2. The molecule has 1 heterocycles. The van der Waals surface area contributed by atoms with Crippen molar-refractivity contribution in [2.24, 2.45) is 4.99 Å². The van der Waals surface area contributed by atoms with Crippen LogP contribution in [-0.2, 0) is 11.3 Å². The Morgan fingerprint density at radius 2 is 1.78 bits per heavy atom. The summed E-state index contributed by atoms with van der Waals surface area (Å²) in [4.78, 5) is 21.5. The van der Waals surface area contributed by atoms with Gasteiger partial charge in [0.25, 0.3) is 0 Å². The molecule has 1 aliphatic heterocycles. The molecule has 0 spiro atoms. The Kier molecular flexibility index (Phi) is 11.1. The van der Waals surface area contributed by atoms with Gasteiger partial charge in [-0.1, -0.05) is 30.3 Å². The molecule has 32 heavy (non-hydrogen) atoms. The number of benzene rings is 2. The average molecular weight is 551 g/mol. The van der Waals surface area contributed by atoms with Gasteiger partial charge in [0.05, 0.1) is 13.7 Å². The van der Waals surface area contributed by atoms with Crippen LogP contribution in [-0.4, -0.2) is 63.1 Å². The maximum absolute atomic E-state index is 12.6. The van der Waals surface area contributed by atoms with Crippen LogP contribution in [0.15, 0.2) is 59.6 Å². The number of nitrogens with zero attached hydrogens (tertiary/aromatic N) is 3. The van der Waals surface area contributed by atoms with Crippen molar-refractivity contribution in [1.29, 1.82) is 0 Å². The van der Waals surface area contributed by atoms with Crippen molar-refractivity contribution in [2.45, 2.75) is 19.9 Å². The van der Waals surface area contributed by atoms with E-state index < -0.39 is 0 Å². The Morgan fingerprint density at radius 3 is 2.47 bits per heavy atom. The number of nitrogens with one attached hydrogen (secondary N) is 2. The number of aliphatic imine (C=N–C) groups is 1. The molecule has 1 saturated heterocycles. The van der Waals surface area contributed by atoms with Gasteiger partial charge in [0.15, 0.2) is 5.96 Å². The SMILES string of the molecule is CCNC(=NCc1cccc(OC)c1)NCCC(=O)N1CCN(c2ccccc2)CC1.I. The van der Waals surface area contributed by atoms with Crippen LogP contribution in [0, 0.1) is 0 Å². The van der Waals surface area contributed by atoms with E-state index in [4.69, 9.17) is 4.74 Å². The summed E-state index contributed by atoms with van der Waals surface area (Å²) in [6.45, 7) is 7.15. The summed E-state index contributed by atoms with van der Waals surface area (Å²) in [5.74, 6) is 1.72. The first-order valence-corrected chi connectivity index (χ1v) is 10.9. The lowest BCUT2D eigenvalue weighted by Gasteiger charge is -2.36. The van der Waals surface area contributed by atoms with Gasteiger partial charge in [0.1, 0.15) is 5.75 Å². The van der Waals surface area contributed by atoms with Crippen LogP contribution in [0.4, 0.5) is 5.69 Å². The van der Waals surface area contributed by atoms with Crippen LogP contribution >= 0.6 is 24.0 Å². The van der Waals surface area contributed by atoms with Gasteiger partial charge in [0, 0.05) is 51.4 Å². The summed E-state index contributed by atoms with van der Waals surface area (Å²) in [5.41, 5.74) is 2.29. The van der Waals surface area contributed by atoms with E-state index >= 15 is 0 Å². The van der Waals surface area contributed by atoms with Gasteiger partial charge in [-0.2, -0.15) is 0 Å². The number of anilines is 1. The van der Waals surface area contributed by atoms with E-state index in [9.17, 15) is 4.79 Å². The number of para-hydroxylation sites is 1. The van der Waals surface area contributed by atoms with Gasteiger partial charge in [0.2, 0.25) is 5.91 Å². The molecule has 8 heteroatoms. The number of rotatable bonds is 8. The molecule has 0 aromatic heterocycles. The lowest BCUT2D eigenvalue weighted by molar-refractivity contribution is -0.131. The highest BCUT2D eigenvalue weighted by Crippen LogP contribution is 2.16. The fourth-order valence-electron chi connectivity index (χ4n) is 3.58. The van der Waals surface area contributed by atoms with E-state index in [1.165, 1.54) is 5.69 Å². The zero-order valence-electron chi connectivity index (χ0n) is 18.9. The number of carbonyl (C=O) groups excluding carboxylic acids is 1. The smallest absolute Gasteiger partial charge is 0.224 e. The molecule has 0 bridgehead atoms. The number of halogens is 1. The second kappa shape index (κ2) is 13.8. The summed E-state index contributed by atoms with van der Waals surface area (Å²) in [5, 5.41) is 6.51. The van der Waals surface area contributed by atoms with Crippen molar-refractivity contribution >= 4 is 41.5 Å². The fraction of sp³-hybridized carbons (Fsp3) is 0.417. The molecule has 0 saturated carbocycles. The van der Waals surface area contributed by atoms with E-state index in [1.807, 2.05) is 42.2 Å². The molecular formula is C24H34IN5O2. The Hall–Kier alpha value is -2.49. The summed E-state index contributed by atoms with van der Waals surface area (Å²) in [6, 6.07) is 18.2. The molecule has 0 aliphatic carbocycles. The minimum absolute atomic E-state index is 0. The number of amides is 1. The van der Waals surface area contributed by atoms with Crippen LogP contribution in [0.5, 0.6) is 5.75 Å². The van der Waals surface area contributed by atoms with Gasteiger partial charge in [-0.3, -0.25) is 4.79 Å². The zero-order valence-corrected chi connectivity index (χ0v) is 21.2. The molecule has 1 amide bonds. The molecule has 2 N–H and O–H groups in total. The largest absolute Gasteiger partial charge is 0.497 e. The Labute approximate surface area is 208 Å². The van der Waals surface area contributed by atoms with Crippen LogP contribution in [0.3, 0.4) is 0 Å². The van der Waals surface area contributed by atoms with E-state index in [1.54, 1.807) is 7.11 Å². The maximum atomic E-state index is 12.6. The quantitative estimate of drug-likeness (QED) is 0.300. The predicted octanol–water partition coefficient (Wildman–Crippen LogP) is 3.11. The van der Waals surface area contributed by atoms with Gasteiger partial charge in [-0.25, -0.2) is 4.99 Å². The molecule has 1 fully saturated rings.